The van der Waals surface area contributed by atoms with Crippen molar-refractivity contribution in [1.29, 1.82) is 0 Å². The molecule has 2 aromatic heterocycles. The smallest absolute Gasteiger partial charge is 0.353 e. The molecule has 156 valence electrons. The summed E-state index contributed by atoms with van der Waals surface area (Å²) in [6.07, 6.45) is 0.441. The van der Waals surface area contributed by atoms with Crippen LogP contribution in [0.15, 0.2) is 33.3 Å². The molecule has 5 rings (SSSR count). The van der Waals surface area contributed by atoms with Gasteiger partial charge in [0.25, 0.3) is 5.91 Å². The molecule has 5 heterocycles. The summed E-state index contributed by atoms with van der Waals surface area (Å²) >= 11 is 2.59. The van der Waals surface area contributed by atoms with Crippen LogP contribution in [0.5, 0.6) is 0 Å². The number of carboxylic acids is 1. The first-order valence-corrected chi connectivity index (χ1v) is 10.9. The standard InChI is InChI=1S/C17H17N7O4S2/c1-21(10-4-3-5-29-10)17(28)23-7-8-6-9(30-16-18-19-20-22(16)2)12(15(26)27)24-11(8)13(23)14(24)25/h3-5,8,11,13H,6-7H2,1-2H3,(H,26,27)/t8-,11-,13+/m1/s1. The Labute approximate surface area is 178 Å². The summed E-state index contributed by atoms with van der Waals surface area (Å²) in [7, 11) is 3.34. The van der Waals surface area contributed by atoms with Gasteiger partial charge in [0.2, 0.25) is 5.16 Å². The Hall–Kier alpha value is -2.93. The van der Waals surface area contributed by atoms with Crippen LogP contribution >= 0.6 is 23.1 Å². The molecule has 30 heavy (non-hydrogen) atoms. The quantitative estimate of drug-likeness (QED) is 0.684. The molecule has 0 aliphatic carbocycles. The van der Waals surface area contributed by atoms with Gasteiger partial charge in [-0.15, -0.1) is 16.4 Å². The number of anilines is 1. The van der Waals surface area contributed by atoms with Crippen LogP contribution in [-0.4, -0.2) is 78.7 Å². The maximum absolute atomic E-state index is 13.1. The summed E-state index contributed by atoms with van der Waals surface area (Å²) in [5, 5.41) is 24.2. The number of hydrogen-bond donors (Lipinski definition) is 1. The fraction of sp³-hybridized carbons (Fsp3) is 0.412. The van der Waals surface area contributed by atoms with E-state index >= 15 is 0 Å². The number of aromatic nitrogens is 4. The summed E-state index contributed by atoms with van der Waals surface area (Å²) in [6.45, 7) is 0.389. The monoisotopic (exact) mass is 447 g/mol. The van der Waals surface area contributed by atoms with E-state index in [1.54, 1.807) is 19.0 Å². The summed E-state index contributed by atoms with van der Waals surface area (Å²) in [6, 6.07) is 2.51. The minimum Gasteiger partial charge on any atom is -0.477 e. The molecule has 2 fully saturated rings. The lowest BCUT2D eigenvalue weighted by Gasteiger charge is -2.49. The van der Waals surface area contributed by atoms with Gasteiger partial charge in [-0.25, -0.2) is 14.3 Å². The highest BCUT2D eigenvalue weighted by Gasteiger charge is 2.64. The van der Waals surface area contributed by atoms with E-state index in [0.717, 1.165) is 16.8 Å². The van der Waals surface area contributed by atoms with E-state index in [4.69, 9.17) is 0 Å². The lowest BCUT2D eigenvalue weighted by atomic mass is 9.82. The number of allylic oxidation sites excluding steroid dienone is 1. The molecule has 0 aromatic carbocycles. The predicted octanol–water partition coefficient (Wildman–Crippen LogP) is 0.831. The number of thiophene rings is 1. The molecule has 0 saturated carbocycles. The van der Waals surface area contributed by atoms with E-state index in [0.29, 0.717) is 23.0 Å². The van der Waals surface area contributed by atoms with Gasteiger partial charge in [0.05, 0.1) is 11.0 Å². The van der Waals surface area contributed by atoms with Gasteiger partial charge in [-0.2, -0.15) is 0 Å². The number of carbonyl (C=O) groups excluding carboxylic acids is 2. The number of β-lactam (4-membered cyclic amide) rings is 1. The van der Waals surface area contributed by atoms with Crippen molar-refractivity contribution in [2.24, 2.45) is 13.0 Å². The van der Waals surface area contributed by atoms with Gasteiger partial charge in [-0.3, -0.25) is 14.6 Å². The molecule has 11 nitrogen and oxygen atoms in total. The SMILES string of the molecule is CN(C(=O)N1C[C@H]2CC(Sc3nnnn3C)=C(C(=O)O)N3C(=O)[C@@H]1[C@@H]23)c1cccs1. The predicted molar refractivity (Wildman–Crippen MR) is 107 cm³/mol. The van der Waals surface area contributed by atoms with Crippen molar-refractivity contribution in [3.63, 3.8) is 0 Å². The van der Waals surface area contributed by atoms with Gasteiger partial charge < -0.3 is 10.0 Å². The van der Waals surface area contributed by atoms with Crippen LogP contribution in [0, 0.1) is 5.92 Å². The van der Waals surface area contributed by atoms with Gasteiger partial charge in [0.1, 0.15) is 11.7 Å². The van der Waals surface area contributed by atoms with Crippen LogP contribution < -0.4 is 4.90 Å². The van der Waals surface area contributed by atoms with Crippen LogP contribution in [0.3, 0.4) is 0 Å². The first-order chi connectivity index (χ1) is 14.4. The minimum atomic E-state index is -1.17. The van der Waals surface area contributed by atoms with Crippen LogP contribution in [0.2, 0.25) is 0 Å². The van der Waals surface area contributed by atoms with E-state index < -0.39 is 12.0 Å². The molecular formula is C17H17N7O4S2. The van der Waals surface area contributed by atoms with Crippen LogP contribution in [0.4, 0.5) is 9.80 Å². The number of rotatable bonds is 4. The maximum atomic E-state index is 13.1. The molecule has 2 aromatic rings. The van der Waals surface area contributed by atoms with Crippen LogP contribution in [0.1, 0.15) is 6.42 Å². The number of aliphatic carboxylic acids is 1. The maximum Gasteiger partial charge on any atom is 0.353 e. The van der Waals surface area contributed by atoms with Gasteiger partial charge in [0.15, 0.2) is 0 Å². The Kier molecular flexibility index (Phi) is 4.32. The lowest BCUT2D eigenvalue weighted by molar-refractivity contribution is -0.155. The second kappa shape index (κ2) is 6.80. The normalized spacial score (nSPS) is 24.7. The highest BCUT2D eigenvalue weighted by molar-refractivity contribution is 8.03. The number of tetrazole rings is 1. The molecule has 0 unspecified atom stereocenters. The van der Waals surface area contributed by atoms with E-state index in [2.05, 4.69) is 15.5 Å². The fourth-order valence-corrected chi connectivity index (χ4v) is 6.08. The molecule has 3 atom stereocenters. The molecule has 0 radical (unpaired) electrons. The Balaban J connectivity index is 1.44. The number of carboxylic acid groups (broad SMARTS) is 1. The van der Waals surface area contributed by atoms with Gasteiger partial charge >= 0.3 is 12.0 Å². The number of likely N-dealkylation sites (tertiary alicyclic amines) is 1. The van der Waals surface area contributed by atoms with Gasteiger partial charge in [-0.1, -0.05) is 11.8 Å². The summed E-state index contributed by atoms with van der Waals surface area (Å²) < 4.78 is 1.45. The molecule has 3 amide bonds. The Morgan fingerprint density at radius 1 is 1.40 bits per heavy atom. The number of aryl methyl sites for hydroxylation is 1. The minimum absolute atomic E-state index is 0.0357. The van der Waals surface area contributed by atoms with Crippen molar-refractivity contribution >= 4 is 46.0 Å². The zero-order valence-corrected chi connectivity index (χ0v) is 17.6. The second-order valence-corrected chi connectivity index (χ2v) is 9.31. The molecule has 3 aliphatic heterocycles. The molecule has 2 saturated heterocycles. The Morgan fingerprint density at radius 2 is 2.20 bits per heavy atom. The number of carbonyl (C=O) groups is 3. The molecule has 3 aliphatic rings. The molecule has 0 spiro atoms. The van der Waals surface area contributed by atoms with Crippen molar-refractivity contribution in [2.75, 3.05) is 18.5 Å². The Bertz CT molecular complexity index is 1080. The number of nitrogens with zero attached hydrogens (tertiary/aromatic N) is 7. The van der Waals surface area contributed by atoms with Crippen LogP contribution in [-0.2, 0) is 16.6 Å². The average Bonchev–Trinajstić information content (AvgIpc) is 3.44. The molecule has 13 heteroatoms. The van der Waals surface area contributed by atoms with Gasteiger partial charge in [-0.05, 0) is 34.4 Å². The third-order valence-electron chi connectivity index (χ3n) is 5.68. The highest BCUT2D eigenvalue weighted by atomic mass is 32.2. The molecule has 1 N–H and O–H groups in total. The summed E-state index contributed by atoms with van der Waals surface area (Å²) in [5.74, 6) is -1.57. The average molecular weight is 448 g/mol. The lowest BCUT2D eigenvalue weighted by Crippen LogP contribution is -2.69. The van der Waals surface area contributed by atoms with E-state index in [9.17, 15) is 19.5 Å². The number of urea groups is 1. The second-order valence-electron chi connectivity index (χ2n) is 7.32. The largest absolute Gasteiger partial charge is 0.477 e. The van der Waals surface area contributed by atoms with Crippen molar-refractivity contribution in [3.05, 3.63) is 28.1 Å². The first-order valence-electron chi connectivity index (χ1n) is 9.16. The number of amides is 3. The summed E-state index contributed by atoms with van der Waals surface area (Å²) in [4.78, 5) is 43.0. The van der Waals surface area contributed by atoms with Crippen molar-refractivity contribution in [1.82, 2.24) is 30.0 Å². The molecule has 0 bridgehead atoms. The van der Waals surface area contributed by atoms with Crippen molar-refractivity contribution < 1.29 is 19.5 Å². The van der Waals surface area contributed by atoms with E-state index in [-0.39, 0.29) is 29.6 Å². The molecular weight excluding hydrogens is 430 g/mol. The fourth-order valence-electron chi connectivity index (χ4n) is 4.34. The third-order valence-corrected chi connectivity index (χ3v) is 7.76. The highest BCUT2D eigenvalue weighted by Crippen LogP contribution is 2.50. The van der Waals surface area contributed by atoms with Crippen molar-refractivity contribution in [3.8, 4) is 0 Å². The van der Waals surface area contributed by atoms with Gasteiger partial charge in [0, 0.05) is 31.5 Å². The topological polar surface area (TPSA) is 125 Å². The van der Waals surface area contributed by atoms with E-state index in [1.807, 2.05) is 17.5 Å². The summed E-state index contributed by atoms with van der Waals surface area (Å²) in [5.41, 5.74) is -0.0357. The third kappa shape index (κ3) is 2.65. The Morgan fingerprint density at radius 3 is 2.83 bits per heavy atom. The van der Waals surface area contributed by atoms with Crippen LogP contribution in [0.25, 0.3) is 0 Å². The van der Waals surface area contributed by atoms with Crippen molar-refractivity contribution in [2.45, 2.75) is 23.7 Å². The van der Waals surface area contributed by atoms with E-state index in [1.165, 1.54) is 25.8 Å². The zero-order valence-electron chi connectivity index (χ0n) is 16.0. The number of hydrogen-bond acceptors (Lipinski definition) is 8. The first kappa shape index (κ1) is 19.1. The zero-order chi connectivity index (χ0) is 21.2. The number of thioether (sulfide) groups is 1.